The van der Waals surface area contributed by atoms with Gasteiger partial charge in [-0.25, -0.2) is 4.98 Å². The molecule has 1 aromatic heterocycles. The maximum absolute atomic E-state index is 11.9. The number of benzene rings is 1. The quantitative estimate of drug-likeness (QED) is 0.560. The molecule has 0 aliphatic heterocycles. The third kappa shape index (κ3) is 6.52. The van der Waals surface area contributed by atoms with Gasteiger partial charge in [0.15, 0.2) is 5.13 Å². The zero-order valence-electron chi connectivity index (χ0n) is 17.8. The topological polar surface area (TPSA) is 62.2 Å². The maximum Gasteiger partial charge on any atom is 0.236 e. The molecule has 28 heavy (non-hydrogen) atoms. The number of phenolic OH excluding ortho intramolecular Hbond substituents is 1. The number of carbonyl (C=O) groups excluding carboxylic acids is 1. The number of nitrogens with one attached hydrogen (secondary N) is 1. The molecule has 1 aromatic carbocycles. The van der Waals surface area contributed by atoms with Crippen LogP contribution < -0.4 is 5.32 Å². The molecule has 0 fully saturated rings. The Morgan fingerprint density at radius 1 is 1.14 bits per heavy atom. The molecule has 2 N–H and O–H groups in total. The van der Waals surface area contributed by atoms with Gasteiger partial charge >= 0.3 is 0 Å². The average molecular weight is 421 g/mol. The lowest BCUT2D eigenvalue weighted by Crippen LogP contribution is -2.18. The minimum absolute atomic E-state index is 0.00498. The molecule has 1 amide bonds. The van der Waals surface area contributed by atoms with E-state index in [1.165, 1.54) is 16.9 Å². The van der Waals surface area contributed by atoms with Crippen LogP contribution in [0.25, 0.3) is 0 Å². The highest BCUT2D eigenvalue weighted by Crippen LogP contribution is 2.40. The third-order valence-corrected chi connectivity index (χ3v) is 6.18. The van der Waals surface area contributed by atoms with Gasteiger partial charge in [-0.3, -0.25) is 4.79 Å². The molecule has 0 spiro atoms. The van der Waals surface area contributed by atoms with Crippen LogP contribution in [0.15, 0.2) is 23.7 Å². The van der Waals surface area contributed by atoms with Gasteiger partial charge < -0.3 is 10.4 Å². The van der Waals surface area contributed by atoms with Gasteiger partial charge in [0.2, 0.25) is 5.91 Å². The molecule has 6 heteroatoms. The van der Waals surface area contributed by atoms with E-state index < -0.39 is 0 Å². The summed E-state index contributed by atoms with van der Waals surface area (Å²) >= 11 is 3.07. The van der Waals surface area contributed by atoms with Crippen molar-refractivity contribution in [2.24, 2.45) is 0 Å². The first-order valence-electron chi connectivity index (χ1n) is 9.62. The van der Waals surface area contributed by atoms with E-state index in [2.05, 4.69) is 64.0 Å². The molecule has 2 aromatic rings. The zero-order chi connectivity index (χ0) is 20.9. The molecule has 4 nitrogen and oxygen atoms in total. The molecule has 0 unspecified atom stereocenters. The summed E-state index contributed by atoms with van der Waals surface area (Å²) in [5, 5.41) is 16.1. The minimum atomic E-state index is -0.108. The largest absolute Gasteiger partial charge is 0.507 e. The van der Waals surface area contributed by atoms with Gasteiger partial charge in [-0.2, -0.15) is 11.8 Å². The SMILES string of the molecule is CC(C)(C)c1cc(CCCSCC(=O)Nc2nccs2)cc(C(C)(C)C)c1O. The van der Waals surface area contributed by atoms with E-state index in [0.29, 0.717) is 16.6 Å². The van der Waals surface area contributed by atoms with Gasteiger partial charge in [-0.05, 0) is 46.1 Å². The van der Waals surface area contributed by atoms with E-state index in [4.69, 9.17) is 0 Å². The molecule has 0 saturated carbocycles. The van der Waals surface area contributed by atoms with Crippen LogP contribution in [0.1, 0.15) is 64.7 Å². The van der Waals surface area contributed by atoms with Crippen molar-refractivity contribution in [3.8, 4) is 5.75 Å². The summed E-state index contributed by atoms with van der Waals surface area (Å²) in [4.78, 5) is 16.0. The lowest BCUT2D eigenvalue weighted by atomic mass is 9.78. The Kier molecular flexibility index (Phi) is 7.57. The fourth-order valence-corrected chi connectivity index (χ4v) is 4.26. The molecule has 0 aliphatic carbocycles. The number of aromatic hydroxyl groups is 1. The number of thiazole rings is 1. The molecule has 0 radical (unpaired) electrons. The smallest absolute Gasteiger partial charge is 0.236 e. The Balaban J connectivity index is 1.93. The highest BCUT2D eigenvalue weighted by atomic mass is 32.2. The van der Waals surface area contributed by atoms with Gasteiger partial charge in [0, 0.05) is 11.6 Å². The van der Waals surface area contributed by atoms with E-state index in [1.807, 2.05) is 5.38 Å². The molecule has 2 rings (SSSR count). The van der Waals surface area contributed by atoms with E-state index >= 15 is 0 Å². The van der Waals surface area contributed by atoms with Gasteiger partial charge in [0.05, 0.1) is 5.75 Å². The Morgan fingerprint density at radius 2 is 1.75 bits per heavy atom. The van der Waals surface area contributed by atoms with Crippen LogP contribution in [0.2, 0.25) is 0 Å². The summed E-state index contributed by atoms with van der Waals surface area (Å²) in [6.45, 7) is 12.8. The summed E-state index contributed by atoms with van der Waals surface area (Å²) in [5.41, 5.74) is 3.04. The van der Waals surface area contributed by atoms with E-state index in [0.717, 1.165) is 29.7 Å². The van der Waals surface area contributed by atoms with Crippen LogP contribution in [0.3, 0.4) is 0 Å². The Bertz CT molecular complexity index is 753. The number of phenols is 1. The van der Waals surface area contributed by atoms with Crippen LogP contribution in [-0.4, -0.2) is 27.5 Å². The second kappa shape index (κ2) is 9.31. The van der Waals surface area contributed by atoms with Crippen LogP contribution in [0.5, 0.6) is 5.75 Å². The zero-order valence-corrected chi connectivity index (χ0v) is 19.4. The van der Waals surface area contributed by atoms with Crippen molar-refractivity contribution in [2.75, 3.05) is 16.8 Å². The number of amides is 1. The number of aryl methyl sites for hydroxylation is 1. The van der Waals surface area contributed by atoms with Crippen molar-refractivity contribution >= 4 is 34.1 Å². The Morgan fingerprint density at radius 3 is 2.25 bits per heavy atom. The predicted molar refractivity (Wildman–Crippen MR) is 122 cm³/mol. The molecule has 0 aliphatic rings. The first-order chi connectivity index (χ1) is 13.0. The monoisotopic (exact) mass is 420 g/mol. The second-order valence-electron chi connectivity index (χ2n) is 9.08. The first-order valence-corrected chi connectivity index (χ1v) is 11.7. The van der Waals surface area contributed by atoms with Crippen LogP contribution in [0.4, 0.5) is 5.13 Å². The lowest BCUT2D eigenvalue weighted by molar-refractivity contribution is -0.113. The summed E-state index contributed by atoms with van der Waals surface area (Å²) in [6, 6.07) is 4.29. The lowest BCUT2D eigenvalue weighted by Gasteiger charge is -2.28. The number of nitrogens with zero attached hydrogens (tertiary/aromatic N) is 1. The number of hydrogen-bond acceptors (Lipinski definition) is 5. The van der Waals surface area contributed by atoms with E-state index in [-0.39, 0.29) is 16.7 Å². The molecular weight excluding hydrogens is 388 g/mol. The van der Waals surface area contributed by atoms with Gasteiger partial charge in [0.25, 0.3) is 0 Å². The number of anilines is 1. The standard InChI is InChI=1S/C22H32N2O2S2/c1-21(2,3)16-12-15(13-17(19(16)26)22(4,5)6)8-7-10-27-14-18(25)24-20-23-9-11-28-20/h9,11-13,26H,7-8,10,14H2,1-6H3,(H,23,24,25). The molecule has 0 bridgehead atoms. The van der Waals surface area contributed by atoms with Gasteiger partial charge in [-0.1, -0.05) is 53.7 Å². The molecular formula is C22H32N2O2S2. The molecule has 154 valence electrons. The summed E-state index contributed by atoms with van der Waals surface area (Å²) in [6.07, 6.45) is 3.61. The number of rotatable bonds is 7. The Hall–Kier alpha value is -1.53. The normalized spacial score (nSPS) is 12.2. The molecule has 0 saturated heterocycles. The summed E-state index contributed by atoms with van der Waals surface area (Å²) in [5.74, 6) is 1.78. The fraction of sp³-hybridized carbons (Fsp3) is 0.545. The van der Waals surface area contributed by atoms with Crippen molar-refractivity contribution < 1.29 is 9.90 Å². The van der Waals surface area contributed by atoms with Crippen molar-refractivity contribution in [3.05, 3.63) is 40.4 Å². The highest BCUT2D eigenvalue weighted by molar-refractivity contribution is 7.99. The second-order valence-corrected chi connectivity index (χ2v) is 11.1. The number of aromatic nitrogens is 1. The molecule has 1 heterocycles. The fourth-order valence-electron chi connectivity index (χ4n) is 2.97. The van der Waals surface area contributed by atoms with Gasteiger partial charge in [-0.15, -0.1) is 11.3 Å². The first kappa shape index (κ1) is 22.8. The Labute approximate surface area is 177 Å². The highest BCUT2D eigenvalue weighted by Gasteiger charge is 2.26. The van der Waals surface area contributed by atoms with Crippen molar-refractivity contribution in [2.45, 2.75) is 65.2 Å². The number of thioether (sulfide) groups is 1. The van der Waals surface area contributed by atoms with Crippen molar-refractivity contribution in [1.29, 1.82) is 0 Å². The minimum Gasteiger partial charge on any atom is -0.507 e. The van der Waals surface area contributed by atoms with E-state index in [1.54, 1.807) is 18.0 Å². The summed E-state index contributed by atoms with van der Waals surface area (Å²) < 4.78 is 0. The van der Waals surface area contributed by atoms with Crippen molar-refractivity contribution in [3.63, 3.8) is 0 Å². The third-order valence-electron chi connectivity index (χ3n) is 4.45. The van der Waals surface area contributed by atoms with Gasteiger partial charge in [0.1, 0.15) is 5.75 Å². The van der Waals surface area contributed by atoms with Crippen LogP contribution in [-0.2, 0) is 22.0 Å². The maximum atomic E-state index is 11.9. The van der Waals surface area contributed by atoms with E-state index in [9.17, 15) is 9.90 Å². The number of carbonyl (C=O) groups is 1. The molecule has 0 atom stereocenters. The van der Waals surface area contributed by atoms with Crippen LogP contribution in [0, 0.1) is 0 Å². The van der Waals surface area contributed by atoms with Crippen LogP contribution >= 0.6 is 23.1 Å². The number of hydrogen-bond donors (Lipinski definition) is 2. The summed E-state index contributed by atoms with van der Waals surface area (Å²) in [7, 11) is 0. The average Bonchev–Trinajstić information content (AvgIpc) is 3.06. The van der Waals surface area contributed by atoms with Crippen molar-refractivity contribution in [1.82, 2.24) is 4.98 Å². The predicted octanol–water partition coefficient (Wildman–Crippen LogP) is 5.75.